The third-order valence-electron chi connectivity index (χ3n) is 8.60. The molecule has 32 heavy (non-hydrogen) atoms. The van der Waals surface area contributed by atoms with Crippen molar-refractivity contribution >= 4 is 0 Å². The van der Waals surface area contributed by atoms with Gasteiger partial charge in [0.1, 0.15) is 0 Å². The topological polar surface area (TPSA) is 136 Å². The molecule has 182 valence electrons. The maximum atomic E-state index is 12.5. The van der Waals surface area contributed by atoms with E-state index in [9.17, 15) is 15.3 Å². The molecule has 0 radical (unpaired) electrons. The van der Waals surface area contributed by atoms with E-state index in [1.807, 2.05) is 6.92 Å². The van der Waals surface area contributed by atoms with Crippen LogP contribution >= 0.6 is 0 Å². The van der Waals surface area contributed by atoms with Gasteiger partial charge in [0.05, 0.1) is 98.5 Å². The Bertz CT molecular complexity index is 569. The van der Waals surface area contributed by atoms with Gasteiger partial charge in [-0.2, -0.15) is 0 Å². The van der Waals surface area contributed by atoms with E-state index in [1.54, 1.807) is 0 Å². The van der Waals surface area contributed by atoms with Crippen LogP contribution in [-0.4, -0.2) is 108 Å². The van der Waals surface area contributed by atoms with Crippen LogP contribution in [-0.2, 0) is 28.4 Å². The molecule has 0 bridgehead atoms. The van der Waals surface area contributed by atoms with Crippen molar-refractivity contribution in [1.82, 2.24) is 0 Å². The molecule has 6 fully saturated rings. The predicted octanol–water partition coefficient (Wildman–Crippen LogP) is -0.0806. The Hall–Kier alpha value is -0.360. The van der Waals surface area contributed by atoms with Gasteiger partial charge in [0, 0.05) is 38.5 Å². The fourth-order valence-electron chi connectivity index (χ4n) is 6.15. The Morgan fingerprint density at radius 1 is 0.469 bits per heavy atom. The Kier molecular flexibility index (Phi) is 5.23. The molecule has 0 aliphatic carbocycles. The zero-order valence-corrected chi connectivity index (χ0v) is 18.7. The first-order valence-electron chi connectivity index (χ1n) is 12.1. The lowest BCUT2D eigenvalue weighted by molar-refractivity contribution is -0.286. The second-order valence-corrected chi connectivity index (χ2v) is 11.2. The summed E-state index contributed by atoms with van der Waals surface area (Å²) in [4.78, 5) is 0. The van der Waals surface area contributed by atoms with Crippen molar-refractivity contribution in [3.05, 3.63) is 0 Å². The van der Waals surface area contributed by atoms with E-state index in [0.29, 0.717) is 78.2 Å². The number of ether oxygens (including phenoxy) is 6. The lowest BCUT2D eigenvalue weighted by Crippen LogP contribution is -2.72. The minimum Gasteiger partial charge on any atom is -0.389 e. The molecule has 3 N–H and O–H groups in total. The minimum absolute atomic E-state index is 0.0877. The molecule has 6 rings (SSSR count). The highest BCUT2D eigenvalue weighted by atomic mass is 16.6. The summed E-state index contributed by atoms with van der Waals surface area (Å²) >= 11 is 0. The molecule has 9 heteroatoms. The van der Waals surface area contributed by atoms with Crippen LogP contribution < -0.4 is 0 Å². The molecule has 0 aromatic rings. The zero-order chi connectivity index (χ0) is 22.2. The highest BCUT2D eigenvalue weighted by Gasteiger charge is 2.72. The first-order chi connectivity index (χ1) is 15.2. The van der Waals surface area contributed by atoms with Crippen LogP contribution in [0.4, 0.5) is 0 Å². The van der Waals surface area contributed by atoms with E-state index in [2.05, 4.69) is 0 Å². The van der Waals surface area contributed by atoms with E-state index < -0.39 is 22.2 Å². The van der Waals surface area contributed by atoms with Gasteiger partial charge in [0.15, 0.2) is 0 Å². The Labute approximate surface area is 188 Å². The lowest BCUT2D eigenvalue weighted by atomic mass is 9.48. The van der Waals surface area contributed by atoms with Crippen molar-refractivity contribution in [2.45, 2.75) is 98.9 Å². The Morgan fingerprint density at radius 2 is 0.625 bits per heavy atom. The van der Waals surface area contributed by atoms with Crippen molar-refractivity contribution in [3.63, 3.8) is 0 Å². The first kappa shape index (κ1) is 22.1. The number of epoxide rings is 6. The fraction of sp³-hybridized carbons (Fsp3) is 1.00. The Balaban J connectivity index is 1.44. The molecule has 6 unspecified atom stereocenters. The van der Waals surface area contributed by atoms with Gasteiger partial charge in [-0.25, -0.2) is 0 Å². The molecular weight excluding hydrogens is 420 g/mol. The summed E-state index contributed by atoms with van der Waals surface area (Å²) in [7, 11) is 0. The maximum Gasteiger partial charge on any atom is 0.0837 e. The zero-order valence-electron chi connectivity index (χ0n) is 18.7. The van der Waals surface area contributed by atoms with Gasteiger partial charge in [-0.1, -0.05) is 6.92 Å². The molecule has 6 aliphatic rings. The van der Waals surface area contributed by atoms with E-state index in [1.165, 1.54) is 0 Å². The average molecular weight is 457 g/mol. The van der Waals surface area contributed by atoms with Crippen molar-refractivity contribution in [3.8, 4) is 0 Å². The Morgan fingerprint density at radius 3 is 0.750 bits per heavy atom. The second-order valence-electron chi connectivity index (χ2n) is 11.2. The summed E-state index contributed by atoms with van der Waals surface area (Å²) in [6, 6.07) is 0. The predicted molar refractivity (Wildman–Crippen MR) is 109 cm³/mol. The first-order valence-corrected chi connectivity index (χ1v) is 12.1. The quantitative estimate of drug-likeness (QED) is 0.289. The molecule has 6 heterocycles. The van der Waals surface area contributed by atoms with Crippen molar-refractivity contribution in [2.24, 2.45) is 5.41 Å². The summed E-state index contributed by atoms with van der Waals surface area (Å²) in [5.74, 6) is 0. The van der Waals surface area contributed by atoms with Gasteiger partial charge in [0.25, 0.3) is 0 Å². The fourth-order valence-corrected chi connectivity index (χ4v) is 6.15. The van der Waals surface area contributed by atoms with Crippen LogP contribution in [0.1, 0.15) is 45.4 Å². The van der Waals surface area contributed by atoms with Gasteiger partial charge in [-0.05, 0) is 0 Å². The van der Waals surface area contributed by atoms with Crippen LogP contribution in [0.25, 0.3) is 0 Å². The monoisotopic (exact) mass is 456 g/mol. The standard InChI is InChI=1S/C23H36O9/c1-20(21(24,2-14-8-27-14)3-15-9-28-15,22(25,4-16-10-29-16)5-17-11-30-17)23(26,6-18-12-31-18)7-19-13-32-19/h14-19,24-26H,2-13H2,1H3. The summed E-state index contributed by atoms with van der Waals surface area (Å²) in [6.07, 6.45) is 1.49. The van der Waals surface area contributed by atoms with Gasteiger partial charge >= 0.3 is 0 Å². The van der Waals surface area contributed by atoms with E-state index in [4.69, 9.17) is 28.4 Å². The third-order valence-corrected chi connectivity index (χ3v) is 8.60. The highest BCUT2D eigenvalue weighted by Crippen LogP contribution is 2.61. The molecule has 0 spiro atoms. The van der Waals surface area contributed by atoms with E-state index in [-0.39, 0.29) is 36.6 Å². The van der Waals surface area contributed by atoms with Crippen molar-refractivity contribution < 1.29 is 43.7 Å². The normalized spacial score (nSPS) is 43.9. The van der Waals surface area contributed by atoms with E-state index in [0.717, 1.165) is 0 Å². The van der Waals surface area contributed by atoms with Gasteiger partial charge in [-0.15, -0.1) is 0 Å². The van der Waals surface area contributed by atoms with Crippen LogP contribution in [0.3, 0.4) is 0 Å². The second kappa shape index (κ2) is 7.57. The molecule has 9 nitrogen and oxygen atoms in total. The highest BCUT2D eigenvalue weighted by molar-refractivity contribution is 5.21. The molecule has 0 amide bonds. The number of rotatable bonds is 15. The number of hydrogen-bond acceptors (Lipinski definition) is 9. The van der Waals surface area contributed by atoms with Crippen LogP contribution in [0.5, 0.6) is 0 Å². The summed E-state index contributed by atoms with van der Waals surface area (Å²) in [5.41, 5.74) is -5.59. The van der Waals surface area contributed by atoms with Gasteiger partial charge in [-0.3, -0.25) is 0 Å². The smallest absolute Gasteiger partial charge is 0.0837 e. The molecular formula is C23H36O9. The van der Waals surface area contributed by atoms with Crippen molar-refractivity contribution in [1.29, 1.82) is 0 Å². The molecule has 0 aromatic heterocycles. The molecule has 6 atom stereocenters. The van der Waals surface area contributed by atoms with Crippen LogP contribution in [0.2, 0.25) is 0 Å². The summed E-state index contributed by atoms with van der Waals surface area (Å²) in [5, 5.41) is 37.5. The summed E-state index contributed by atoms with van der Waals surface area (Å²) < 4.78 is 33.2. The maximum absolute atomic E-state index is 12.5. The summed E-state index contributed by atoms with van der Waals surface area (Å²) in [6.45, 7) is 5.34. The van der Waals surface area contributed by atoms with Crippen LogP contribution in [0, 0.1) is 5.41 Å². The minimum atomic E-state index is -1.42. The van der Waals surface area contributed by atoms with Gasteiger partial charge < -0.3 is 43.7 Å². The molecule has 0 saturated carbocycles. The van der Waals surface area contributed by atoms with Gasteiger partial charge in [0.2, 0.25) is 0 Å². The third kappa shape index (κ3) is 4.36. The van der Waals surface area contributed by atoms with Crippen molar-refractivity contribution in [2.75, 3.05) is 39.6 Å². The molecule has 0 aromatic carbocycles. The SMILES string of the molecule is CC(C(O)(CC1CO1)CC1CO1)(C(O)(CC1CO1)CC1CO1)C(O)(CC1CO1)CC1CO1. The molecule has 6 saturated heterocycles. The largest absolute Gasteiger partial charge is 0.389 e. The molecule has 6 aliphatic heterocycles. The number of aliphatic hydroxyl groups is 3. The van der Waals surface area contributed by atoms with E-state index >= 15 is 0 Å². The lowest BCUT2D eigenvalue weighted by Gasteiger charge is -2.61. The number of hydrogen-bond donors (Lipinski definition) is 3. The average Bonchev–Trinajstić information content (AvgIpc) is 3.50. The van der Waals surface area contributed by atoms with Crippen LogP contribution in [0.15, 0.2) is 0 Å².